The zero-order chi connectivity index (χ0) is 18.7. The number of piperazine rings is 1. The molecule has 6 nitrogen and oxygen atoms in total. The Morgan fingerprint density at radius 2 is 1.73 bits per heavy atom. The van der Waals surface area contributed by atoms with Crippen LogP contribution in [0.15, 0.2) is 35.2 Å². The summed E-state index contributed by atoms with van der Waals surface area (Å²) < 4.78 is 26.9. The van der Waals surface area contributed by atoms with Gasteiger partial charge in [0.05, 0.1) is 10.9 Å². The van der Waals surface area contributed by atoms with Gasteiger partial charge in [-0.3, -0.25) is 9.69 Å². The van der Waals surface area contributed by atoms with Crippen LogP contribution in [0.3, 0.4) is 0 Å². The first-order chi connectivity index (χ1) is 12.4. The fourth-order valence-corrected chi connectivity index (χ4v) is 5.33. The molecule has 0 unspecified atom stereocenters. The normalized spacial score (nSPS) is 24.4. The van der Waals surface area contributed by atoms with E-state index in [0.29, 0.717) is 37.0 Å². The van der Waals surface area contributed by atoms with Gasteiger partial charge in [-0.1, -0.05) is 25.1 Å². The minimum Gasteiger partial charge on any atom is -0.339 e. The molecule has 2 atom stereocenters. The molecular formula is C19H29N3O3S. The molecule has 0 radical (unpaired) electrons. The number of hydrogen-bond donors (Lipinski definition) is 0. The predicted molar refractivity (Wildman–Crippen MR) is 101 cm³/mol. The Kier molecular flexibility index (Phi) is 5.99. The van der Waals surface area contributed by atoms with Crippen LogP contribution in [0.2, 0.25) is 0 Å². The van der Waals surface area contributed by atoms with Crippen LogP contribution in [-0.4, -0.2) is 73.7 Å². The molecule has 3 rings (SSSR count). The molecule has 2 aliphatic heterocycles. The molecule has 0 bridgehead atoms. The topological polar surface area (TPSA) is 60.9 Å². The Morgan fingerprint density at radius 1 is 1.08 bits per heavy atom. The van der Waals surface area contributed by atoms with Crippen molar-refractivity contribution in [3.8, 4) is 0 Å². The molecular weight excluding hydrogens is 350 g/mol. The molecule has 0 N–H and O–H groups in total. The van der Waals surface area contributed by atoms with E-state index in [1.165, 1.54) is 10.7 Å². The predicted octanol–water partition coefficient (Wildman–Crippen LogP) is 1.64. The second kappa shape index (κ2) is 8.06. The van der Waals surface area contributed by atoms with Crippen LogP contribution in [0.5, 0.6) is 0 Å². The first kappa shape index (κ1) is 19.3. The van der Waals surface area contributed by atoms with Gasteiger partial charge >= 0.3 is 0 Å². The Labute approximate surface area is 156 Å². The summed E-state index contributed by atoms with van der Waals surface area (Å²) in [6.45, 7) is 7.77. The standard InChI is InChI=1S/C19H29N3O3S/c1-16-7-6-10-21(15-16)17(2)19(23)20-11-13-22(14-12-20)26(24,25)18-8-4-3-5-9-18/h3-5,8-9,16-17H,6-7,10-15H2,1-2H3/t16-,17-/m0/s1. The van der Waals surface area contributed by atoms with E-state index < -0.39 is 10.0 Å². The number of sulfonamides is 1. The Hall–Kier alpha value is -1.44. The van der Waals surface area contributed by atoms with Gasteiger partial charge in [0.25, 0.3) is 0 Å². The highest BCUT2D eigenvalue weighted by molar-refractivity contribution is 7.89. The zero-order valence-electron chi connectivity index (χ0n) is 15.7. The number of nitrogens with zero attached hydrogens (tertiary/aromatic N) is 3. The molecule has 26 heavy (non-hydrogen) atoms. The minimum atomic E-state index is -3.47. The second-order valence-electron chi connectivity index (χ2n) is 7.46. The lowest BCUT2D eigenvalue weighted by atomic mass is 9.98. The third-order valence-corrected chi connectivity index (χ3v) is 7.44. The van der Waals surface area contributed by atoms with Gasteiger partial charge in [0.2, 0.25) is 15.9 Å². The summed E-state index contributed by atoms with van der Waals surface area (Å²) in [4.78, 5) is 17.2. The van der Waals surface area contributed by atoms with E-state index in [9.17, 15) is 13.2 Å². The number of piperidine rings is 1. The van der Waals surface area contributed by atoms with Crippen LogP contribution in [0.25, 0.3) is 0 Å². The maximum Gasteiger partial charge on any atom is 0.243 e. The van der Waals surface area contributed by atoms with Crippen molar-refractivity contribution >= 4 is 15.9 Å². The largest absolute Gasteiger partial charge is 0.339 e. The van der Waals surface area contributed by atoms with Gasteiger partial charge in [-0.25, -0.2) is 8.42 Å². The van der Waals surface area contributed by atoms with Crippen LogP contribution in [0, 0.1) is 5.92 Å². The summed E-state index contributed by atoms with van der Waals surface area (Å²) in [5, 5.41) is 0. The summed E-state index contributed by atoms with van der Waals surface area (Å²) in [6, 6.07) is 8.37. The van der Waals surface area contributed by atoms with E-state index in [0.717, 1.165) is 19.5 Å². The Balaban J connectivity index is 1.59. The fourth-order valence-electron chi connectivity index (χ4n) is 3.89. The number of likely N-dealkylation sites (tertiary alicyclic amines) is 1. The minimum absolute atomic E-state index is 0.121. The van der Waals surface area contributed by atoms with Crippen LogP contribution in [-0.2, 0) is 14.8 Å². The first-order valence-corrected chi connectivity index (χ1v) is 10.9. The molecule has 2 aliphatic rings. The van der Waals surface area contributed by atoms with Gasteiger partial charge in [-0.05, 0) is 44.4 Å². The van der Waals surface area contributed by atoms with Crippen LogP contribution in [0.1, 0.15) is 26.7 Å². The van der Waals surface area contributed by atoms with Crippen molar-refractivity contribution in [1.29, 1.82) is 0 Å². The molecule has 1 aromatic carbocycles. The average Bonchev–Trinajstić information content (AvgIpc) is 2.67. The molecule has 1 aromatic rings. The molecule has 0 aliphatic carbocycles. The van der Waals surface area contributed by atoms with Gasteiger partial charge < -0.3 is 4.90 Å². The second-order valence-corrected chi connectivity index (χ2v) is 9.40. The summed E-state index contributed by atoms with van der Waals surface area (Å²) in [5.74, 6) is 0.753. The Morgan fingerprint density at radius 3 is 2.35 bits per heavy atom. The molecule has 0 spiro atoms. The maximum atomic E-state index is 12.8. The van der Waals surface area contributed by atoms with Crippen molar-refractivity contribution in [2.45, 2.75) is 37.6 Å². The molecule has 1 amide bonds. The molecule has 7 heteroatoms. The molecule has 2 heterocycles. The summed E-state index contributed by atoms with van der Waals surface area (Å²) >= 11 is 0. The van der Waals surface area contributed by atoms with Crippen molar-refractivity contribution < 1.29 is 13.2 Å². The van der Waals surface area contributed by atoms with Gasteiger partial charge in [0.15, 0.2) is 0 Å². The van der Waals surface area contributed by atoms with Gasteiger partial charge in [0, 0.05) is 32.7 Å². The van der Waals surface area contributed by atoms with Crippen molar-refractivity contribution in [2.24, 2.45) is 5.92 Å². The summed E-state index contributed by atoms with van der Waals surface area (Å²) in [7, 11) is -3.47. The number of benzene rings is 1. The van der Waals surface area contributed by atoms with Crippen molar-refractivity contribution in [2.75, 3.05) is 39.3 Å². The average molecular weight is 380 g/mol. The third-order valence-electron chi connectivity index (χ3n) is 5.52. The van der Waals surface area contributed by atoms with E-state index in [1.54, 1.807) is 30.3 Å². The number of rotatable bonds is 4. The summed E-state index contributed by atoms with van der Waals surface area (Å²) in [5.41, 5.74) is 0. The van der Waals surface area contributed by atoms with Crippen LogP contribution >= 0.6 is 0 Å². The highest BCUT2D eigenvalue weighted by Crippen LogP contribution is 2.20. The number of carbonyl (C=O) groups is 1. The number of hydrogen-bond acceptors (Lipinski definition) is 4. The Bertz CT molecular complexity index is 715. The van der Waals surface area contributed by atoms with E-state index in [1.807, 2.05) is 11.8 Å². The lowest BCUT2D eigenvalue weighted by Gasteiger charge is -2.39. The lowest BCUT2D eigenvalue weighted by Crippen LogP contribution is -2.56. The highest BCUT2D eigenvalue weighted by Gasteiger charge is 2.33. The summed E-state index contributed by atoms with van der Waals surface area (Å²) in [6.07, 6.45) is 2.37. The van der Waals surface area contributed by atoms with Gasteiger partial charge in [0.1, 0.15) is 0 Å². The molecule has 2 fully saturated rings. The van der Waals surface area contributed by atoms with Crippen LogP contribution < -0.4 is 0 Å². The zero-order valence-corrected chi connectivity index (χ0v) is 16.5. The fraction of sp³-hybridized carbons (Fsp3) is 0.632. The number of carbonyl (C=O) groups excluding carboxylic acids is 1. The molecule has 0 aromatic heterocycles. The highest BCUT2D eigenvalue weighted by atomic mass is 32.2. The molecule has 0 saturated carbocycles. The number of amides is 1. The SMILES string of the molecule is C[C@H]1CCCN([C@@H](C)C(=O)N2CCN(S(=O)(=O)c3ccccc3)CC2)C1. The van der Waals surface area contributed by atoms with Crippen molar-refractivity contribution in [3.05, 3.63) is 30.3 Å². The first-order valence-electron chi connectivity index (χ1n) is 9.47. The van der Waals surface area contributed by atoms with E-state index in [4.69, 9.17) is 0 Å². The van der Waals surface area contributed by atoms with Crippen molar-refractivity contribution in [1.82, 2.24) is 14.1 Å². The van der Waals surface area contributed by atoms with Crippen molar-refractivity contribution in [3.63, 3.8) is 0 Å². The smallest absolute Gasteiger partial charge is 0.243 e. The van der Waals surface area contributed by atoms with Gasteiger partial charge in [-0.2, -0.15) is 4.31 Å². The molecule has 144 valence electrons. The van der Waals surface area contributed by atoms with E-state index >= 15 is 0 Å². The van der Waals surface area contributed by atoms with E-state index in [2.05, 4.69) is 11.8 Å². The van der Waals surface area contributed by atoms with Gasteiger partial charge in [-0.15, -0.1) is 0 Å². The molecule has 2 saturated heterocycles. The maximum absolute atomic E-state index is 12.8. The van der Waals surface area contributed by atoms with E-state index in [-0.39, 0.29) is 11.9 Å². The van der Waals surface area contributed by atoms with Crippen LogP contribution in [0.4, 0.5) is 0 Å². The lowest BCUT2D eigenvalue weighted by molar-refractivity contribution is -0.138. The third kappa shape index (κ3) is 4.10. The quantitative estimate of drug-likeness (QED) is 0.798. The monoisotopic (exact) mass is 379 g/mol.